The predicted molar refractivity (Wildman–Crippen MR) is 51.7 cm³/mol. The van der Waals surface area contributed by atoms with Gasteiger partial charge < -0.3 is 9.84 Å². The van der Waals surface area contributed by atoms with Crippen molar-refractivity contribution in [2.24, 2.45) is 0 Å². The number of hydrogen-bond donors (Lipinski definition) is 1. The molecule has 0 radical (unpaired) electrons. The SMILES string of the molecule is Cc1cc2c(cc1C)O[C@H](C(=O)O)C2. The number of aliphatic carboxylic acids is 1. The van der Waals surface area contributed by atoms with E-state index in [-0.39, 0.29) is 0 Å². The first-order valence-electron chi connectivity index (χ1n) is 4.57. The molecule has 1 aromatic rings. The van der Waals surface area contributed by atoms with Gasteiger partial charge in [0, 0.05) is 6.42 Å². The van der Waals surface area contributed by atoms with Crippen molar-refractivity contribution in [3.8, 4) is 5.75 Å². The summed E-state index contributed by atoms with van der Waals surface area (Å²) in [5.74, 6) is -0.169. The largest absolute Gasteiger partial charge is 0.478 e. The third-order valence-corrected chi connectivity index (χ3v) is 2.63. The van der Waals surface area contributed by atoms with Gasteiger partial charge in [-0.05, 0) is 36.6 Å². The summed E-state index contributed by atoms with van der Waals surface area (Å²) in [6.07, 6.45) is -0.225. The minimum atomic E-state index is -0.892. The summed E-state index contributed by atoms with van der Waals surface area (Å²) in [5.41, 5.74) is 3.31. The van der Waals surface area contributed by atoms with Crippen molar-refractivity contribution in [2.45, 2.75) is 26.4 Å². The Labute approximate surface area is 82.3 Å². The number of rotatable bonds is 1. The van der Waals surface area contributed by atoms with E-state index in [0.29, 0.717) is 6.42 Å². The number of benzene rings is 1. The maximum atomic E-state index is 10.7. The van der Waals surface area contributed by atoms with Crippen LogP contribution in [0.1, 0.15) is 16.7 Å². The number of hydrogen-bond acceptors (Lipinski definition) is 2. The van der Waals surface area contributed by atoms with Gasteiger partial charge in [0.1, 0.15) is 5.75 Å². The Hall–Kier alpha value is -1.51. The molecule has 3 nitrogen and oxygen atoms in total. The average Bonchev–Trinajstić information content (AvgIpc) is 2.48. The van der Waals surface area contributed by atoms with Crippen LogP contribution in [0, 0.1) is 13.8 Å². The van der Waals surface area contributed by atoms with Crippen LogP contribution in [0.4, 0.5) is 0 Å². The summed E-state index contributed by atoms with van der Waals surface area (Å²) in [6.45, 7) is 4.01. The first-order chi connectivity index (χ1) is 6.58. The number of carbonyl (C=O) groups is 1. The van der Waals surface area contributed by atoms with Crippen molar-refractivity contribution in [2.75, 3.05) is 0 Å². The van der Waals surface area contributed by atoms with Gasteiger partial charge in [-0.15, -0.1) is 0 Å². The highest BCUT2D eigenvalue weighted by atomic mass is 16.5. The van der Waals surface area contributed by atoms with Crippen LogP contribution in [0.15, 0.2) is 12.1 Å². The molecule has 1 aromatic carbocycles. The molecule has 14 heavy (non-hydrogen) atoms. The lowest BCUT2D eigenvalue weighted by molar-refractivity contribution is -0.144. The summed E-state index contributed by atoms with van der Waals surface area (Å²) in [6, 6.07) is 3.92. The van der Waals surface area contributed by atoms with E-state index in [2.05, 4.69) is 0 Å². The zero-order valence-electron chi connectivity index (χ0n) is 8.20. The van der Waals surface area contributed by atoms with Gasteiger partial charge in [0.25, 0.3) is 0 Å². The molecule has 0 saturated carbocycles. The van der Waals surface area contributed by atoms with Crippen LogP contribution in [-0.2, 0) is 11.2 Å². The molecule has 2 rings (SSSR count). The molecule has 0 aromatic heterocycles. The highest BCUT2D eigenvalue weighted by Gasteiger charge is 2.28. The molecule has 1 aliphatic heterocycles. The molecule has 0 unspecified atom stereocenters. The molecule has 0 fully saturated rings. The topological polar surface area (TPSA) is 46.5 Å². The summed E-state index contributed by atoms with van der Waals surface area (Å²) in [4.78, 5) is 10.7. The Bertz CT molecular complexity index is 365. The molecule has 0 saturated heterocycles. The van der Waals surface area contributed by atoms with Crippen LogP contribution in [0.5, 0.6) is 5.75 Å². The Balaban J connectivity index is 2.36. The van der Waals surface area contributed by atoms with Crippen LogP contribution < -0.4 is 4.74 Å². The van der Waals surface area contributed by atoms with E-state index in [1.807, 2.05) is 26.0 Å². The standard InChI is InChI=1S/C11H12O3/c1-6-3-8-5-10(11(12)13)14-9(8)4-7(6)2/h3-4,10H,5H2,1-2H3,(H,12,13)/t10-/m0/s1. The number of carboxylic acids is 1. The van der Waals surface area contributed by atoms with Gasteiger partial charge in [-0.2, -0.15) is 0 Å². The molecule has 3 heteroatoms. The lowest BCUT2D eigenvalue weighted by Gasteiger charge is -2.05. The number of fused-ring (bicyclic) bond motifs is 1. The van der Waals surface area contributed by atoms with Gasteiger partial charge in [0.2, 0.25) is 0 Å². The fraction of sp³-hybridized carbons (Fsp3) is 0.364. The quantitative estimate of drug-likeness (QED) is 0.736. The third-order valence-electron chi connectivity index (χ3n) is 2.63. The fourth-order valence-corrected chi connectivity index (χ4v) is 1.65. The lowest BCUT2D eigenvalue weighted by Crippen LogP contribution is -2.24. The van der Waals surface area contributed by atoms with Crippen LogP contribution in [-0.4, -0.2) is 17.2 Å². The highest BCUT2D eigenvalue weighted by molar-refractivity contribution is 5.74. The van der Waals surface area contributed by atoms with E-state index in [9.17, 15) is 4.79 Å². The fourth-order valence-electron chi connectivity index (χ4n) is 1.65. The smallest absolute Gasteiger partial charge is 0.345 e. The lowest BCUT2D eigenvalue weighted by atomic mass is 10.0. The summed E-state index contributed by atoms with van der Waals surface area (Å²) < 4.78 is 5.30. The first kappa shape index (κ1) is 9.06. The van der Waals surface area contributed by atoms with Crippen molar-refractivity contribution in [3.63, 3.8) is 0 Å². The Morgan fingerprint density at radius 3 is 2.71 bits per heavy atom. The van der Waals surface area contributed by atoms with E-state index >= 15 is 0 Å². The minimum absolute atomic E-state index is 0.478. The van der Waals surface area contributed by atoms with Crippen molar-refractivity contribution in [3.05, 3.63) is 28.8 Å². The van der Waals surface area contributed by atoms with Gasteiger partial charge >= 0.3 is 5.97 Å². The van der Waals surface area contributed by atoms with E-state index < -0.39 is 12.1 Å². The van der Waals surface area contributed by atoms with Crippen LogP contribution in [0.3, 0.4) is 0 Å². The Morgan fingerprint density at radius 2 is 2.07 bits per heavy atom. The van der Waals surface area contributed by atoms with Gasteiger partial charge in [-0.25, -0.2) is 4.79 Å². The number of aryl methyl sites for hydroxylation is 2. The van der Waals surface area contributed by atoms with Crippen molar-refractivity contribution < 1.29 is 14.6 Å². The minimum Gasteiger partial charge on any atom is -0.478 e. The second-order valence-corrected chi connectivity index (χ2v) is 3.69. The maximum Gasteiger partial charge on any atom is 0.345 e. The van der Waals surface area contributed by atoms with Crippen LogP contribution >= 0.6 is 0 Å². The molecule has 0 amide bonds. The summed E-state index contributed by atoms with van der Waals surface area (Å²) in [7, 11) is 0. The van der Waals surface area contributed by atoms with Crippen molar-refractivity contribution in [1.82, 2.24) is 0 Å². The van der Waals surface area contributed by atoms with E-state index in [1.165, 1.54) is 5.56 Å². The second-order valence-electron chi connectivity index (χ2n) is 3.69. The van der Waals surface area contributed by atoms with Gasteiger partial charge in [0.05, 0.1) is 0 Å². The van der Waals surface area contributed by atoms with Crippen molar-refractivity contribution >= 4 is 5.97 Å². The molecule has 0 bridgehead atoms. The van der Waals surface area contributed by atoms with Crippen LogP contribution in [0.2, 0.25) is 0 Å². The van der Waals surface area contributed by atoms with E-state index in [0.717, 1.165) is 16.9 Å². The Kier molecular flexibility index (Phi) is 1.95. The van der Waals surface area contributed by atoms with Gasteiger partial charge in [0.15, 0.2) is 6.10 Å². The molecule has 1 atom stereocenters. The maximum absolute atomic E-state index is 10.7. The van der Waals surface area contributed by atoms with Crippen LogP contribution in [0.25, 0.3) is 0 Å². The number of carboxylic acid groups (broad SMARTS) is 1. The Morgan fingerprint density at radius 1 is 1.43 bits per heavy atom. The molecular weight excluding hydrogens is 180 g/mol. The van der Waals surface area contributed by atoms with E-state index in [1.54, 1.807) is 0 Å². The summed E-state index contributed by atoms with van der Waals surface area (Å²) in [5, 5.41) is 8.80. The zero-order chi connectivity index (χ0) is 10.3. The van der Waals surface area contributed by atoms with Gasteiger partial charge in [-0.3, -0.25) is 0 Å². The first-order valence-corrected chi connectivity index (χ1v) is 4.57. The van der Waals surface area contributed by atoms with E-state index in [4.69, 9.17) is 9.84 Å². The molecule has 74 valence electrons. The average molecular weight is 192 g/mol. The third kappa shape index (κ3) is 1.35. The highest BCUT2D eigenvalue weighted by Crippen LogP contribution is 2.31. The second kappa shape index (κ2) is 3.01. The van der Waals surface area contributed by atoms with Gasteiger partial charge in [-0.1, -0.05) is 6.07 Å². The molecule has 0 aliphatic carbocycles. The summed E-state index contributed by atoms with van der Waals surface area (Å²) >= 11 is 0. The van der Waals surface area contributed by atoms with Crippen molar-refractivity contribution in [1.29, 1.82) is 0 Å². The molecule has 1 heterocycles. The molecule has 1 N–H and O–H groups in total. The predicted octanol–water partition coefficient (Wildman–Crippen LogP) is 1.69. The zero-order valence-corrected chi connectivity index (χ0v) is 8.20. The normalized spacial score (nSPS) is 18.9. The molecule has 0 spiro atoms. The monoisotopic (exact) mass is 192 g/mol. The molecule has 1 aliphatic rings. The number of ether oxygens (including phenoxy) is 1. The molecular formula is C11H12O3.